The normalized spacial score (nSPS) is 15.2. The number of carbonyl (C=O) groups is 4. The van der Waals surface area contributed by atoms with Crippen LogP contribution in [0.4, 0.5) is 9.59 Å². The van der Waals surface area contributed by atoms with Gasteiger partial charge in [0.15, 0.2) is 0 Å². The van der Waals surface area contributed by atoms with Crippen LogP contribution in [0.3, 0.4) is 0 Å². The zero-order chi connectivity index (χ0) is 42.0. The number of pyridine rings is 1. The number of methoxy groups -OCH3 is 1. The summed E-state index contributed by atoms with van der Waals surface area (Å²) in [5.74, 6) is -1.19. The third kappa shape index (κ3) is 11.8. The number of nitrogens with one attached hydrogen (secondary N) is 3. The van der Waals surface area contributed by atoms with E-state index >= 15 is 0 Å². The number of carbonyl (C=O) groups excluding carboxylic acids is 4. The van der Waals surface area contributed by atoms with Crippen LogP contribution in [0.1, 0.15) is 56.4 Å². The Bertz CT molecular complexity index is 1970. The molecule has 0 bridgehead atoms. The molecule has 2 aromatic heterocycles. The summed E-state index contributed by atoms with van der Waals surface area (Å²) in [5.41, 5.74) is 6.51. The molecule has 5 amide bonds. The van der Waals surface area contributed by atoms with E-state index < -0.39 is 47.6 Å². The lowest BCUT2D eigenvalue weighted by atomic mass is 9.84. The molecular formula is C43H56N8O6S. The Labute approximate surface area is 345 Å². The molecule has 2 aromatic carbocycles. The van der Waals surface area contributed by atoms with Crippen LogP contribution >= 0.6 is 11.3 Å². The van der Waals surface area contributed by atoms with Crippen LogP contribution < -0.4 is 16.1 Å². The van der Waals surface area contributed by atoms with Gasteiger partial charge >= 0.3 is 12.1 Å². The highest BCUT2D eigenvalue weighted by atomic mass is 32.1. The number of nitrogens with zero attached hydrogens (tertiary/aromatic N) is 5. The highest BCUT2D eigenvalue weighted by Gasteiger charge is 2.44. The average molecular weight is 813 g/mol. The summed E-state index contributed by atoms with van der Waals surface area (Å²) in [6, 6.07) is 20.1. The number of ether oxygens (including phenoxy) is 1. The number of hydrogen-bond donors (Lipinski definition) is 4. The zero-order valence-electron chi connectivity index (χ0n) is 34.3. The Balaban J connectivity index is 1.40. The van der Waals surface area contributed by atoms with Crippen molar-refractivity contribution in [2.75, 3.05) is 26.7 Å². The van der Waals surface area contributed by atoms with Gasteiger partial charge in [0.1, 0.15) is 12.1 Å². The third-order valence-electron chi connectivity index (χ3n) is 9.99. The fourth-order valence-corrected chi connectivity index (χ4v) is 7.67. The van der Waals surface area contributed by atoms with E-state index in [0.717, 1.165) is 33.1 Å². The number of rotatable bonds is 17. The lowest BCUT2D eigenvalue weighted by Gasteiger charge is -2.38. The molecular weight excluding hydrogens is 757 g/mol. The van der Waals surface area contributed by atoms with Crippen LogP contribution in [-0.4, -0.2) is 105 Å². The molecule has 3 heterocycles. The predicted octanol–water partition coefficient (Wildman–Crippen LogP) is 5.17. The number of alkyl carbamates (subject to hydrolysis) is 1. The van der Waals surface area contributed by atoms with Gasteiger partial charge in [0.25, 0.3) is 5.91 Å². The fraction of sp³-hybridized carbons (Fsp3) is 0.442. The van der Waals surface area contributed by atoms with Crippen molar-refractivity contribution in [2.45, 2.75) is 85.3 Å². The number of aromatic nitrogens is 2. The standard InChI is InChI=1S/C43H56N8O6S/c1-28(2)37(47-41(55)57-7)39(53)48-50(24-31-16-18-32(19-17-31)34-15-11-12-20-44-34)26-36(52)35(23-30-13-9-8-10-14-30)46-40(54)38(43(4,5)6)51-22-21-49(42(51)56)25-33-27-58-29(3)45-33/h8-20,27-28,35-38,52H,21-26H2,1-7H3,(H,46,54)(H,47,55)(H,48,53)/t35-,36-,37-,38+/m0/s1. The van der Waals surface area contributed by atoms with Gasteiger partial charge in [-0.25, -0.2) is 19.6 Å². The van der Waals surface area contributed by atoms with Gasteiger partial charge in [-0.15, -0.1) is 11.3 Å². The second-order valence-electron chi connectivity index (χ2n) is 16.0. The molecule has 15 heteroatoms. The molecule has 4 aromatic rings. The molecule has 1 aliphatic rings. The molecule has 14 nitrogen and oxygen atoms in total. The lowest BCUT2D eigenvalue weighted by molar-refractivity contribution is -0.132. The van der Waals surface area contributed by atoms with Gasteiger partial charge in [-0.2, -0.15) is 0 Å². The van der Waals surface area contributed by atoms with Gasteiger partial charge in [0.05, 0.1) is 42.2 Å². The maximum atomic E-state index is 14.5. The maximum Gasteiger partial charge on any atom is 0.407 e. The summed E-state index contributed by atoms with van der Waals surface area (Å²) >= 11 is 1.53. The largest absolute Gasteiger partial charge is 0.453 e. The Morgan fingerprint density at radius 3 is 2.26 bits per heavy atom. The van der Waals surface area contributed by atoms with Crippen molar-refractivity contribution >= 4 is 35.3 Å². The molecule has 5 rings (SSSR count). The van der Waals surface area contributed by atoms with Gasteiger partial charge in [0.2, 0.25) is 5.91 Å². The van der Waals surface area contributed by atoms with Crippen molar-refractivity contribution in [3.63, 3.8) is 0 Å². The molecule has 58 heavy (non-hydrogen) atoms. The first-order chi connectivity index (χ1) is 27.6. The molecule has 1 fully saturated rings. The number of benzene rings is 2. The van der Waals surface area contributed by atoms with E-state index in [1.165, 1.54) is 18.4 Å². The summed E-state index contributed by atoms with van der Waals surface area (Å²) in [6.07, 6.45) is 0.0455. The zero-order valence-corrected chi connectivity index (χ0v) is 35.2. The first-order valence-electron chi connectivity index (χ1n) is 19.5. The number of hydrazine groups is 1. The van der Waals surface area contributed by atoms with E-state index in [-0.39, 0.29) is 31.5 Å². The summed E-state index contributed by atoms with van der Waals surface area (Å²) < 4.78 is 4.78. The number of aliphatic hydroxyl groups excluding tert-OH is 1. The topological polar surface area (TPSA) is 169 Å². The van der Waals surface area contributed by atoms with Crippen LogP contribution in [-0.2, 0) is 33.8 Å². The van der Waals surface area contributed by atoms with E-state index in [2.05, 4.69) is 26.0 Å². The molecule has 1 aliphatic heterocycles. The Morgan fingerprint density at radius 2 is 1.66 bits per heavy atom. The highest BCUT2D eigenvalue weighted by molar-refractivity contribution is 7.09. The van der Waals surface area contributed by atoms with Crippen molar-refractivity contribution < 1.29 is 29.0 Å². The van der Waals surface area contributed by atoms with Gasteiger partial charge in [-0.1, -0.05) is 95.3 Å². The molecule has 0 aliphatic carbocycles. The summed E-state index contributed by atoms with van der Waals surface area (Å²) in [4.78, 5) is 66.6. The molecule has 1 saturated heterocycles. The Kier molecular flexibility index (Phi) is 15.0. The molecule has 4 N–H and O–H groups in total. The monoisotopic (exact) mass is 812 g/mol. The van der Waals surface area contributed by atoms with Crippen LogP contribution in [0.15, 0.2) is 84.4 Å². The van der Waals surface area contributed by atoms with E-state index in [0.29, 0.717) is 19.6 Å². The van der Waals surface area contributed by atoms with Crippen molar-refractivity contribution in [1.29, 1.82) is 0 Å². The van der Waals surface area contributed by atoms with Crippen molar-refractivity contribution in [2.24, 2.45) is 11.3 Å². The van der Waals surface area contributed by atoms with Crippen LogP contribution in [0, 0.1) is 18.3 Å². The van der Waals surface area contributed by atoms with Gasteiger partial charge in [-0.3, -0.25) is 20.0 Å². The molecule has 310 valence electrons. The second-order valence-corrected chi connectivity index (χ2v) is 17.1. The third-order valence-corrected chi connectivity index (χ3v) is 10.8. The number of thiazole rings is 1. The number of aliphatic hydroxyl groups is 1. The number of aryl methyl sites for hydroxylation is 1. The molecule has 0 saturated carbocycles. The summed E-state index contributed by atoms with van der Waals surface area (Å²) in [6.45, 7) is 12.5. The highest BCUT2D eigenvalue weighted by Crippen LogP contribution is 2.29. The number of urea groups is 1. The van der Waals surface area contributed by atoms with Crippen molar-refractivity contribution in [1.82, 2.24) is 40.8 Å². The summed E-state index contributed by atoms with van der Waals surface area (Å²) in [5, 5.41) is 22.3. The Hall–Kier alpha value is -5.38. The lowest BCUT2D eigenvalue weighted by Crippen LogP contribution is -2.60. The molecule has 0 unspecified atom stereocenters. The van der Waals surface area contributed by atoms with Crippen molar-refractivity contribution in [3.8, 4) is 11.3 Å². The first-order valence-corrected chi connectivity index (χ1v) is 20.4. The van der Waals surface area contributed by atoms with Gasteiger partial charge in [0, 0.05) is 43.3 Å². The van der Waals surface area contributed by atoms with Gasteiger partial charge in [-0.05, 0) is 47.9 Å². The smallest absolute Gasteiger partial charge is 0.407 e. The minimum absolute atomic E-state index is 0.0990. The van der Waals surface area contributed by atoms with E-state index in [1.807, 2.05) is 106 Å². The van der Waals surface area contributed by atoms with Crippen LogP contribution in [0.25, 0.3) is 11.3 Å². The average Bonchev–Trinajstić information content (AvgIpc) is 3.77. The SMILES string of the molecule is COC(=O)N[C@H](C(=O)NN(Cc1ccc(-c2ccccn2)cc1)C[C@H](O)[C@H](Cc1ccccc1)NC(=O)[C@@H](N1CCN(Cc2csc(C)n2)C1=O)C(C)(C)C)C(C)C. The quantitative estimate of drug-likeness (QED) is 0.105. The van der Waals surface area contributed by atoms with E-state index in [9.17, 15) is 24.3 Å². The van der Waals surface area contributed by atoms with E-state index in [4.69, 9.17) is 4.74 Å². The maximum absolute atomic E-state index is 14.5. The minimum Gasteiger partial charge on any atom is -0.453 e. The molecule has 0 radical (unpaired) electrons. The van der Waals surface area contributed by atoms with Crippen LogP contribution in [0.2, 0.25) is 0 Å². The van der Waals surface area contributed by atoms with Crippen LogP contribution in [0.5, 0.6) is 0 Å². The molecule has 4 atom stereocenters. The fourth-order valence-electron chi connectivity index (χ4n) is 7.06. The first kappa shape index (κ1) is 43.7. The number of hydrogen-bond acceptors (Lipinski definition) is 10. The predicted molar refractivity (Wildman–Crippen MR) is 223 cm³/mol. The van der Waals surface area contributed by atoms with E-state index in [1.54, 1.807) is 34.9 Å². The summed E-state index contributed by atoms with van der Waals surface area (Å²) in [7, 11) is 1.23. The number of amides is 5. The molecule has 0 spiro atoms. The van der Waals surface area contributed by atoms with Crippen molar-refractivity contribution in [3.05, 3.63) is 106 Å². The second kappa shape index (κ2) is 19.9. The van der Waals surface area contributed by atoms with Gasteiger partial charge < -0.3 is 30.3 Å². The minimum atomic E-state index is -1.21. The Morgan fingerprint density at radius 1 is 0.948 bits per heavy atom.